The second-order valence-corrected chi connectivity index (χ2v) is 18.4. The Morgan fingerprint density at radius 2 is 0.985 bits per heavy atom. The molecule has 3 aliphatic rings. The minimum atomic E-state index is -1.84. The van der Waals surface area contributed by atoms with E-state index in [0.717, 1.165) is 5.57 Å². The quantitative estimate of drug-likeness (QED) is 0.0377. The minimum Gasteiger partial charge on any atom is -0.453 e. The van der Waals surface area contributed by atoms with Gasteiger partial charge < -0.3 is 83.9 Å². The molecule has 0 aromatic carbocycles. The topological polar surface area (TPSA) is 290 Å². The molecule has 3 saturated heterocycles. The number of aliphatic hydroxyl groups is 9. The van der Waals surface area contributed by atoms with E-state index in [1.54, 1.807) is 32.9 Å². The van der Waals surface area contributed by atoms with Gasteiger partial charge in [0.1, 0.15) is 54.9 Å². The first-order valence-corrected chi connectivity index (χ1v) is 22.6. The van der Waals surface area contributed by atoms with E-state index >= 15 is 0 Å². The van der Waals surface area contributed by atoms with Crippen molar-refractivity contribution in [2.75, 3.05) is 13.2 Å². The molecule has 0 bridgehead atoms. The minimum absolute atomic E-state index is 0.0971. The number of hydrogen-bond acceptors (Lipinski definition) is 19. The lowest BCUT2D eigenvalue weighted by Crippen LogP contribution is -2.65. The van der Waals surface area contributed by atoms with Crippen molar-refractivity contribution in [2.24, 2.45) is 0 Å². The second kappa shape index (κ2) is 25.6. The Bertz CT molecular complexity index is 1740. The highest BCUT2D eigenvalue weighted by Gasteiger charge is 2.53. The summed E-state index contributed by atoms with van der Waals surface area (Å²) in [6.45, 7) is 23.2. The molecule has 0 unspecified atom stereocenters. The molecule has 3 heterocycles. The lowest BCUT2D eigenvalue weighted by molar-refractivity contribution is -0.373. The maximum atomic E-state index is 13.4. The van der Waals surface area contributed by atoms with Gasteiger partial charge in [-0.3, -0.25) is 0 Å². The highest BCUT2D eigenvalue weighted by Crippen LogP contribution is 2.35. The van der Waals surface area contributed by atoms with Crippen molar-refractivity contribution in [3.05, 3.63) is 72.9 Å². The second-order valence-electron chi connectivity index (χ2n) is 18.4. The molecule has 3 rings (SSSR count). The SMILES string of the molecule is C=C[C@@](C)(CCC=C(C)C)O[C@@H]1O[C@@H](CO)[C@H](O)[C@@H](O)[C@@H]1O[C@H]1O[C@H](C)[C@H](OC(=O)/C(C)=C/CC[C@@](C)(C=C)O[C@@H]2O[C@@H](CO)[C@@H](O)[C@@H](O)[C@H]2OC(=O)/C(C)=C/CC[C@](C)(O)C=C)[C@@H](O)[C@@H]1O. The van der Waals surface area contributed by atoms with Crippen LogP contribution in [0.1, 0.15) is 93.9 Å². The molecule has 0 aliphatic carbocycles. The average molecular weight is 957 g/mol. The Morgan fingerprint density at radius 1 is 0.567 bits per heavy atom. The molecular formula is C48H76O19. The molecular weight excluding hydrogens is 881 g/mol. The first-order valence-electron chi connectivity index (χ1n) is 22.6. The maximum Gasteiger partial charge on any atom is 0.333 e. The molecule has 18 atom stereocenters. The number of carbonyl (C=O) groups excluding carboxylic acids is 2. The molecule has 382 valence electrons. The van der Waals surface area contributed by atoms with Crippen molar-refractivity contribution in [3.63, 3.8) is 0 Å². The number of allylic oxidation sites excluding steroid dienone is 4. The fourth-order valence-corrected chi connectivity index (χ4v) is 7.46. The molecule has 67 heavy (non-hydrogen) atoms. The summed E-state index contributed by atoms with van der Waals surface area (Å²) in [5.41, 5.74) is -2.12. The third-order valence-corrected chi connectivity index (χ3v) is 12.3. The summed E-state index contributed by atoms with van der Waals surface area (Å²) in [7, 11) is 0. The molecule has 0 aromatic rings. The maximum absolute atomic E-state index is 13.4. The third kappa shape index (κ3) is 15.9. The number of hydrogen-bond donors (Lipinski definition) is 9. The Balaban J connectivity index is 1.69. The van der Waals surface area contributed by atoms with Gasteiger partial charge in [-0.05, 0) is 93.9 Å². The average Bonchev–Trinajstić information content (AvgIpc) is 3.28. The van der Waals surface area contributed by atoms with Crippen LogP contribution in [0.2, 0.25) is 0 Å². The van der Waals surface area contributed by atoms with Crippen LogP contribution < -0.4 is 0 Å². The van der Waals surface area contributed by atoms with Gasteiger partial charge in [0.2, 0.25) is 0 Å². The highest BCUT2D eigenvalue weighted by atomic mass is 16.8. The molecule has 3 aliphatic heterocycles. The first-order chi connectivity index (χ1) is 31.3. The molecule has 19 heteroatoms. The summed E-state index contributed by atoms with van der Waals surface area (Å²) in [6, 6.07) is 0. The zero-order chi connectivity index (χ0) is 50.6. The van der Waals surface area contributed by atoms with Crippen LogP contribution in [0.15, 0.2) is 72.9 Å². The first kappa shape index (κ1) is 58.1. The van der Waals surface area contributed by atoms with E-state index in [4.69, 9.17) is 37.9 Å². The molecule has 0 radical (unpaired) electrons. The van der Waals surface area contributed by atoms with Crippen molar-refractivity contribution in [1.82, 2.24) is 0 Å². The van der Waals surface area contributed by atoms with E-state index in [-0.39, 0.29) is 30.4 Å². The number of carbonyl (C=O) groups is 2. The Kier molecular flexibility index (Phi) is 22.2. The number of esters is 2. The van der Waals surface area contributed by atoms with E-state index in [9.17, 15) is 55.5 Å². The molecule has 19 nitrogen and oxygen atoms in total. The van der Waals surface area contributed by atoms with Gasteiger partial charge in [-0.2, -0.15) is 0 Å². The van der Waals surface area contributed by atoms with Crippen LogP contribution in [-0.2, 0) is 47.5 Å². The summed E-state index contributed by atoms with van der Waals surface area (Å²) >= 11 is 0. The lowest BCUT2D eigenvalue weighted by Gasteiger charge is -2.47. The fourth-order valence-electron chi connectivity index (χ4n) is 7.46. The van der Waals surface area contributed by atoms with Gasteiger partial charge in [-0.25, -0.2) is 9.59 Å². The molecule has 0 amide bonds. The van der Waals surface area contributed by atoms with Gasteiger partial charge in [0.05, 0.1) is 36.1 Å². The summed E-state index contributed by atoms with van der Waals surface area (Å²) < 4.78 is 47.1. The summed E-state index contributed by atoms with van der Waals surface area (Å²) in [4.78, 5) is 26.5. The Hall–Kier alpha value is -3.22. The largest absolute Gasteiger partial charge is 0.453 e. The van der Waals surface area contributed by atoms with E-state index in [2.05, 4.69) is 19.7 Å². The van der Waals surface area contributed by atoms with Crippen molar-refractivity contribution in [2.45, 2.75) is 203 Å². The van der Waals surface area contributed by atoms with Gasteiger partial charge in [0, 0.05) is 11.1 Å². The summed E-state index contributed by atoms with van der Waals surface area (Å²) in [6.07, 6.45) is -11.6. The molecule has 9 N–H and O–H groups in total. The number of ether oxygens (including phenoxy) is 8. The van der Waals surface area contributed by atoms with E-state index in [0.29, 0.717) is 19.3 Å². The van der Waals surface area contributed by atoms with Gasteiger partial charge >= 0.3 is 11.9 Å². The van der Waals surface area contributed by atoms with Crippen LogP contribution in [-0.4, -0.2) is 180 Å². The van der Waals surface area contributed by atoms with Gasteiger partial charge in [-0.15, -0.1) is 19.7 Å². The van der Waals surface area contributed by atoms with Gasteiger partial charge in [-0.1, -0.05) is 42.0 Å². The Morgan fingerprint density at radius 3 is 1.43 bits per heavy atom. The number of aliphatic hydroxyl groups excluding tert-OH is 8. The van der Waals surface area contributed by atoms with Gasteiger partial charge in [0.25, 0.3) is 0 Å². The predicted octanol–water partition coefficient (Wildman–Crippen LogP) is 1.60. The van der Waals surface area contributed by atoms with Crippen molar-refractivity contribution < 1.29 is 93.4 Å². The van der Waals surface area contributed by atoms with Crippen LogP contribution in [0.5, 0.6) is 0 Å². The van der Waals surface area contributed by atoms with Gasteiger partial charge in [0.15, 0.2) is 31.1 Å². The van der Waals surface area contributed by atoms with E-state index in [1.165, 1.54) is 39.0 Å². The monoisotopic (exact) mass is 956 g/mol. The zero-order valence-corrected chi connectivity index (χ0v) is 40.0. The molecule has 0 spiro atoms. The van der Waals surface area contributed by atoms with Crippen LogP contribution in [0.3, 0.4) is 0 Å². The zero-order valence-electron chi connectivity index (χ0n) is 40.0. The van der Waals surface area contributed by atoms with Crippen LogP contribution in [0, 0.1) is 0 Å². The van der Waals surface area contributed by atoms with Crippen molar-refractivity contribution >= 4 is 11.9 Å². The molecule has 0 saturated carbocycles. The highest BCUT2D eigenvalue weighted by molar-refractivity contribution is 5.88. The predicted molar refractivity (Wildman–Crippen MR) is 241 cm³/mol. The molecule has 0 aromatic heterocycles. The van der Waals surface area contributed by atoms with Crippen LogP contribution in [0.4, 0.5) is 0 Å². The number of rotatable bonds is 24. The molecule has 3 fully saturated rings. The summed E-state index contributed by atoms with van der Waals surface area (Å²) in [5, 5.41) is 95.8. The third-order valence-electron chi connectivity index (χ3n) is 12.3. The normalized spacial score (nSPS) is 35.5. The Labute approximate surface area is 393 Å². The van der Waals surface area contributed by atoms with Crippen molar-refractivity contribution in [1.29, 1.82) is 0 Å². The fraction of sp³-hybridized carbons (Fsp3) is 0.708. The van der Waals surface area contributed by atoms with E-state index in [1.807, 2.05) is 19.9 Å². The van der Waals surface area contributed by atoms with Crippen LogP contribution in [0.25, 0.3) is 0 Å². The smallest absolute Gasteiger partial charge is 0.333 e. The summed E-state index contributed by atoms with van der Waals surface area (Å²) in [5.74, 6) is -1.72. The van der Waals surface area contributed by atoms with E-state index < -0.39 is 134 Å². The van der Waals surface area contributed by atoms with Crippen LogP contribution >= 0.6 is 0 Å². The van der Waals surface area contributed by atoms with Crippen molar-refractivity contribution in [3.8, 4) is 0 Å². The lowest BCUT2D eigenvalue weighted by atomic mass is 9.96. The standard InChI is InChI=1S/C48H76O19/c1-12-46(9,59)21-16-19-27(6)42(58)64-39-34(53)32(51)30(24-49)61-44(39)66-48(11,14-3)23-17-20-28(7)41(57)63-38-29(8)60-43(37(56)36(38)55)65-40-35(54)33(52)31(25-50)62-45(40)67-47(10,13-2)22-15-18-26(4)5/h12-14,18-20,29-40,43-45,49-56,59H,1-3,15-17,21-25H2,4-11H3/b27-19+,28-20+/t29-,30+,31+,32-,33+,34-,35-,36+,37+,38+,39-,40+,43-,44+,45+,46-,47+,48-/m1/s1.